The van der Waals surface area contributed by atoms with Crippen molar-refractivity contribution in [2.75, 3.05) is 64.9 Å². The molecule has 1 aliphatic heterocycles. The van der Waals surface area contributed by atoms with Gasteiger partial charge in [0, 0.05) is 45.0 Å². The average molecular weight is 664 g/mol. The monoisotopic (exact) mass is 663 g/mol. The molecule has 0 aromatic rings. The van der Waals surface area contributed by atoms with Gasteiger partial charge in [0.05, 0.1) is 25.8 Å². The van der Waals surface area contributed by atoms with Gasteiger partial charge < -0.3 is 47.0 Å². The van der Waals surface area contributed by atoms with E-state index in [1.165, 1.54) is 7.05 Å². The van der Waals surface area contributed by atoms with Gasteiger partial charge in [0.15, 0.2) is 0 Å². The number of rotatable bonds is 21. The number of piperazine rings is 1. The fourth-order valence-corrected chi connectivity index (χ4v) is 4.72. The fraction of sp³-hybridized carbons (Fsp3) is 0.680. The van der Waals surface area contributed by atoms with Gasteiger partial charge in [-0.15, -0.1) is 0 Å². The molecule has 0 saturated carbocycles. The van der Waals surface area contributed by atoms with Crippen LogP contribution >= 0.6 is 11.8 Å². The molecule has 0 bridgehead atoms. The van der Waals surface area contributed by atoms with Crippen molar-refractivity contribution in [2.24, 2.45) is 0 Å². The Morgan fingerprint density at radius 2 is 1.04 bits per heavy atom. The number of hydrogen-bond donors (Lipinski definition) is 9. The van der Waals surface area contributed by atoms with Crippen molar-refractivity contribution >= 4 is 59.3 Å². The first kappa shape index (κ1) is 39.0. The molecule has 0 radical (unpaired) electrons. The Morgan fingerprint density at radius 1 is 0.622 bits per heavy atom. The maximum Gasteiger partial charge on any atom is 0.327 e. The van der Waals surface area contributed by atoms with Crippen LogP contribution in [0.5, 0.6) is 0 Å². The molecule has 19 nitrogen and oxygen atoms in total. The van der Waals surface area contributed by atoms with Crippen LogP contribution in [0, 0.1) is 0 Å². The number of amides is 4. The molecule has 4 atom stereocenters. The van der Waals surface area contributed by atoms with Gasteiger partial charge in [-0.2, -0.15) is 11.8 Å². The number of carboxylic acids is 4. The number of aliphatic carboxylic acids is 4. The summed E-state index contributed by atoms with van der Waals surface area (Å²) in [5, 5.41) is 48.6. The molecule has 4 amide bonds. The smallest absolute Gasteiger partial charge is 0.327 e. The maximum absolute atomic E-state index is 12.5. The van der Waals surface area contributed by atoms with E-state index in [-0.39, 0.29) is 18.7 Å². The van der Waals surface area contributed by atoms with E-state index in [2.05, 4.69) is 21.3 Å². The molecule has 20 heteroatoms. The summed E-state index contributed by atoms with van der Waals surface area (Å²) in [5.74, 6) is -8.68. The van der Waals surface area contributed by atoms with Gasteiger partial charge in [0.1, 0.15) is 24.2 Å². The number of likely N-dealkylation sites (N-methyl/N-ethyl adjacent to an activating group) is 1. The molecule has 1 aliphatic rings. The highest BCUT2D eigenvalue weighted by atomic mass is 32.2. The van der Waals surface area contributed by atoms with E-state index < -0.39 is 84.5 Å². The van der Waals surface area contributed by atoms with Crippen LogP contribution in [0.4, 0.5) is 0 Å². The van der Waals surface area contributed by atoms with Gasteiger partial charge in [0.2, 0.25) is 23.6 Å². The summed E-state index contributed by atoms with van der Waals surface area (Å²) in [5.41, 5.74) is 0. The van der Waals surface area contributed by atoms with E-state index >= 15 is 0 Å². The lowest BCUT2D eigenvalue weighted by Crippen LogP contribution is -2.53. The minimum absolute atomic E-state index is 0.0236. The third-order valence-corrected chi connectivity index (χ3v) is 7.30. The third-order valence-electron chi connectivity index (χ3n) is 6.63. The highest BCUT2D eigenvalue weighted by molar-refractivity contribution is 7.98. The zero-order valence-corrected chi connectivity index (χ0v) is 25.8. The van der Waals surface area contributed by atoms with Crippen LogP contribution in [0.3, 0.4) is 0 Å². The lowest BCUT2D eigenvalue weighted by Gasteiger charge is -2.34. The topological polar surface area (TPSA) is 284 Å². The first-order valence-corrected chi connectivity index (χ1v) is 15.2. The van der Waals surface area contributed by atoms with Crippen molar-refractivity contribution in [2.45, 2.75) is 43.4 Å². The maximum atomic E-state index is 12.5. The van der Waals surface area contributed by atoms with Gasteiger partial charge in [-0.1, -0.05) is 0 Å². The summed E-state index contributed by atoms with van der Waals surface area (Å²) in [6.07, 6.45) is -0.221. The zero-order chi connectivity index (χ0) is 34.1. The Labute approximate surface area is 262 Å². The van der Waals surface area contributed by atoms with Crippen molar-refractivity contribution in [3.05, 3.63) is 0 Å². The van der Waals surface area contributed by atoms with Crippen LogP contribution in [-0.2, 0) is 38.4 Å². The highest BCUT2D eigenvalue weighted by Gasteiger charge is 2.30. The average Bonchev–Trinajstić information content (AvgIpc) is 2.95. The van der Waals surface area contributed by atoms with Crippen molar-refractivity contribution in [1.29, 1.82) is 0 Å². The fourth-order valence-electron chi connectivity index (χ4n) is 4.16. The van der Waals surface area contributed by atoms with Crippen molar-refractivity contribution in [1.82, 2.24) is 36.4 Å². The molecule has 1 fully saturated rings. The van der Waals surface area contributed by atoms with Crippen LogP contribution < -0.4 is 26.6 Å². The van der Waals surface area contributed by atoms with E-state index in [4.69, 9.17) is 10.2 Å². The highest BCUT2D eigenvalue weighted by Crippen LogP contribution is 2.04. The lowest BCUT2D eigenvalue weighted by atomic mass is 10.1. The Kier molecular flexibility index (Phi) is 17.4. The number of thioether (sulfide) groups is 1. The van der Waals surface area contributed by atoms with E-state index in [9.17, 15) is 48.6 Å². The molecular weight excluding hydrogens is 622 g/mol. The molecule has 0 aliphatic carbocycles. The second kappa shape index (κ2) is 20.1. The Balaban J connectivity index is 2.51. The number of carbonyl (C=O) groups is 8. The molecule has 254 valence electrons. The SMILES string of the molecule is CN[C@@H](CC(=O)NCCN1CCN(CC(=O)N[C@@H](CC(=O)N[C@@H](CC(=O)N[C@@H](CSC)C(=O)O)C(=O)O)C(=O)O)CC1)C(=O)O. The number of carboxylic acid groups (broad SMARTS) is 4. The lowest BCUT2D eigenvalue weighted by molar-refractivity contribution is -0.146. The van der Waals surface area contributed by atoms with Gasteiger partial charge in [0.25, 0.3) is 0 Å². The van der Waals surface area contributed by atoms with E-state index in [1.807, 2.05) is 10.2 Å². The van der Waals surface area contributed by atoms with Gasteiger partial charge in [-0.25, -0.2) is 14.4 Å². The molecule has 9 N–H and O–H groups in total. The second-order valence-corrected chi connectivity index (χ2v) is 11.0. The molecule has 1 rings (SSSR count). The molecule has 0 aromatic carbocycles. The second-order valence-electron chi connectivity index (χ2n) is 10.1. The molecule has 1 heterocycles. The normalized spacial score (nSPS) is 16.3. The Hall–Kier alpha value is -4.01. The van der Waals surface area contributed by atoms with E-state index in [1.54, 1.807) is 11.2 Å². The summed E-state index contributed by atoms with van der Waals surface area (Å²) in [7, 11) is 1.45. The Bertz CT molecular complexity index is 1090. The number of hydrogen-bond acceptors (Lipinski definition) is 12. The van der Waals surface area contributed by atoms with Crippen molar-refractivity contribution in [3.8, 4) is 0 Å². The van der Waals surface area contributed by atoms with Crippen LogP contribution in [0.1, 0.15) is 19.3 Å². The number of nitrogens with zero attached hydrogens (tertiary/aromatic N) is 2. The van der Waals surface area contributed by atoms with E-state index in [0.29, 0.717) is 39.3 Å². The summed E-state index contributed by atoms with van der Waals surface area (Å²) < 4.78 is 0. The molecule has 0 spiro atoms. The minimum Gasteiger partial charge on any atom is -0.480 e. The predicted molar refractivity (Wildman–Crippen MR) is 157 cm³/mol. The summed E-state index contributed by atoms with van der Waals surface area (Å²) in [6, 6.07) is -5.72. The predicted octanol–water partition coefficient (Wildman–Crippen LogP) is -4.37. The molecule has 45 heavy (non-hydrogen) atoms. The van der Waals surface area contributed by atoms with Crippen molar-refractivity contribution < 1.29 is 58.8 Å². The standard InChI is InChI=1S/C25H41N7O12S/c1-26-14(22(37)38)9-18(33)27-3-4-31-5-7-32(8-6-31)12-21(36)29-16(24(41)42)11-19(34)28-15(23(39)40)10-20(35)30-17(13-45-2)25(43)44/h14-17,26H,3-13H2,1-2H3,(H,27,33)(H,28,34)(H,29,36)(H,30,35)(H,37,38)(H,39,40)(H,41,42)(H,43,44)/t14-,15-,16-,17-/m0/s1. The van der Waals surface area contributed by atoms with Gasteiger partial charge in [-0.3, -0.25) is 33.8 Å². The third kappa shape index (κ3) is 15.5. The largest absolute Gasteiger partial charge is 0.480 e. The van der Waals surface area contributed by atoms with Gasteiger partial charge >= 0.3 is 23.9 Å². The van der Waals surface area contributed by atoms with E-state index in [0.717, 1.165) is 11.8 Å². The molecule has 0 unspecified atom stereocenters. The Morgan fingerprint density at radius 3 is 1.49 bits per heavy atom. The summed E-state index contributed by atoms with van der Waals surface area (Å²) in [4.78, 5) is 98.3. The van der Waals surface area contributed by atoms with Crippen LogP contribution in [-0.4, -0.2) is 167 Å². The quantitative estimate of drug-likeness (QED) is 0.0561. The molecular formula is C25H41N7O12S. The zero-order valence-electron chi connectivity index (χ0n) is 24.9. The first-order valence-electron chi connectivity index (χ1n) is 13.8. The van der Waals surface area contributed by atoms with Crippen LogP contribution in [0.25, 0.3) is 0 Å². The molecule has 1 saturated heterocycles. The summed E-state index contributed by atoms with van der Waals surface area (Å²) >= 11 is 1.14. The van der Waals surface area contributed by atoms with Crippen LogP contribution in [0.2, 0.25) is 0 Å². The number of carbonyl (C=O) groups excluding carboxylic acids is 4. The minimum atomic E-state index is -1.77. The summed E-state index contributed by atoms with van der Waals surface area (Å²) in [6.45, 7) is 2.59. The van der Waals surface area contributed by atoms with Crippen molar-refractivity contribution in [3.63, 3.8) is 0 Å². The van der Waals surface area contributed by atoms with Crippen LogP contribution in [0.15, 0.2) is 0 Å². The molecule has 0 aromatic heterocycles. The first-order chi connectivity index (χ1) is 21.2. The number of nitrogens with one attached hydrogen (secondary N) is 5. The van der Waals surface area contributed by atoms with Gasteiger partial charge in [-0.05, 0) is 13.3 Å².